The first-order valence-corrected chi connectivity index (χ1v) is 11.1. The zero-order valence-electron chi connectivity index (χ0n) is 14.8. The van der Waals surface area contributed by atoms with Gasteiger partial charge in [0.2, 0.25) is 0 Å². The fourth-order valence-electron chi connectivity index (χ4n) is 3.00. The van der Waals surface area contributed by atoms with Gasteiger partial charge < -0.3 is 9.80 Å². The van der Waals surface area contributed by atoms with E-state index >= 15 is 0 Å². The Morgan fingerprint density at radius 2 is 2.12 bits per heavy atom. The lowest BCUT2D eigenvalue weighted by Crippen LogP contribution is -2.27. The highest BCUT2D eigenvalue weighted by Gasteiger charge is 2.34. The summed E-state index contributed by atoms with van der Waals surface area (Å²) in [6.45, 7) is 7.45. The molecule has 7 heteroatoms. The molecule has 2 aromatic rings. The van der Waals surface area contributed by atoms with Crippen molar-refractivity contribution >= 4 is 58.2 Å². The number of halogens is 1. The normalized spacial score (nSPS) is 21.2. The number of hydrogen-bond acceptors (Lipinski definition) is 5. The summed E-state index contributed by atoms with van der Waals surface area (Å²) in [7, 11) is 4.18. The van der Waals surface area contributed by atoms with Gasteiger partial charge in [0.25, 0.3) is 5.01 Å². The van der Waals surface area contributed by atoms with Crippen LogP contribution in [0.25, 0.3) is 6.08 Å². The molecule has 0 bridgehead atoms. The minimum absolute atomic E-state index is 0.765. The molecule has 4 rings (SSSR count). The molecule has 0 aliphatic carbocycles. The maximum absolute atomic E-state index is 6.19. The topological polar surface area (TPSA) is 10.4 Å². The number of hydrogen-bond donors (Lipinski definition) is 0. The number of aryl methyl sites for hydroxylation is 1. The van der Waals surface area contributed by atoms with Crippen molar-refractivity contribution in [1.82, 2.24) is 4.90 Å². The van der Waals surface area contributed by atoms with Crippen LogP contribution in [0.5, 0.6) is 0 Å². The van der Waals surface area contributed by atoms with Gasteiger partial charge >= 0.3 is 0 Å². The first kappa shape index (κ1) is 18.0. The number of nitrogens with zero attached hydrogens (tertiary/aromatic N) is 3. The average Bonchev–Trinajstić information content (AvgIpc) is 3.26. The maximum Gasteiger partial charge on any atom is 0.264 e. The lowest BCUT2D eigenvalue weighted by atomic mass is 10.3. The van der Waals surface area contributed by atoms with Crippen molar-refractivity contribution in [3.63, 3.8) is 0 Å². The molecule has 2 aliphatic rings. The van der Waals surface area contributed by atoms with Crippen LogP contribution in [0.1, 0.15) is 11.9 Å². The summed E-state index contributed by atoms with van der Waals surface area (Å²) < 4.78 is 2.15. The SMILES string of the molecule is C=C1/C(=C2\Sc3ccc(Cl)cc3N2C)S/C(=C\c2scc[n+]2C)N1CC. The van der Waals surface area contributed by atoms with Gasteiger partial charge in [0, 0.05) is 23.5 Å². The molecule has 0 amide bonds. The van der Waals surface area contributed by atoms with Crippen LogP contribution in [0.3, 0.4) is 0 Å². The van der Waals surface area contributed by atoms with Crippen molar-refractivity contribution in [1.29, 1.82) is 0 Å². The van der Waals surface area contributed by atoms with Crippen LogP contribution in [0.15, 0.2) is 61.9 Å². The highest BCUT2D eigenvalue weighted by atomic mass is 35.5. The first-order valence-electron chi connectivity index (χ1n) is 8.24. The van der Waals surface area contributed by atoms with Crippen LogP contribution in [-0.4, -0.2) is 18.5 Å². The molecule has 0 unspecified atom stereocenters. The third kappa shape index (κ3) is 2.99. The van der Waals surface area contributed by atoms with E-state index in [2.05, 4.69) is 65.7 Å². The number of likely N-dealkylation sites (N-methyl/N-ethyl adjacent to an activating group) is 1. The van der Waals surface area contributed by atoms with E-state index in [-0.39, 0.29) is 0 Å². The molecule has 0 spiro atoms. The molecule has 3 nitrogen and oxygen atoms in total. The largest absolute Gasteiger partial charge is 0.337 e. The van der Waals surface area contributed by atoms with E-state index in [1.807, 2.05) is 12.1 Å². The number of thiazole rings is 1. The monoisotopic (exact) mass is 420 g/mol. The number of thioether (sulfide) groups is 2. The predicted molar refractivity (Wildman–Crippen MR) is 115 cm³/mol. The minimum atomic E-state index is 0.765. The van der Waals surface area contributed by atoms with Gasteiger partial charge in [0.15, 0.2) is 6.20 Å². The lowest BCUT2D eigenvalue weighted by molar-refractivity contribution is -0.668. The Bertz CT molecular complexity index is 961. The van der Waals surface area contributed by atoms with E-state index in [0.717, 1.165) is 23.0 Å². The van der Waals surface area contributed by atoms with Gasteiger partial charge in [0.1, 0.15) is 7.05 Å². The van der Waals surface area contributed by atoms with E-state index in [4.69, 9.17) is 11.6 Å². The summed E-state index contributed by atoms with van der Waals surface area (Å²) in [5.41, 5.74) is 2.22. The first-order chi connectivity index (χ1) is 12.5. The van der Waals surface area contributed by atoms with Crippen LogP contribution < -0.4 is 9.47 Å². The Morgan fingerprint density at radius 1 is 1.31 bits per heavy atom. The molecule has 0 N–H and O–H groups in total. The molecule has 0 atom stereocenters. The summed E-state index contributed by atoms with van der Waals surface area (Å²) in [6, 6.07) is 6.07. The fraction of sp³-hybridized carbons (Fsp3) is 0.211. The highest BCUT2D eigenvalue weighted by Crippen LogP contribution is 2.54. The van der Waals surface area contributed by atoms with Crippen molar-refractivity contribution in [3.05, 3.63) is 67.0 Å². The molecule has 2 aliphatic heterocycles. The molecule has 1 aromatic carbocycles. The van der Waals surface area contributed by atoms with Gasteiger partial charge in [-0.25, -0.2) is 0 Å². The predicted octanol–water partition coefficient (Wildman–Crippen LogP) is 5.52. The van der Waals surface area contributed by atoms with Crippen molar-refractivity contribution in [2.75, 3.05) is 18.5 Å². The van der Waals surface area contributed by atoms with Crippen LogP contribution in [0, 0.1) is 0 Å². The van der Waals surface area contributed by atoms with Crippen LogP contribution >= 0.6 is 46.5 Å². The van der Waals surface area contributed by atoms with Crippen LogP contribution in [-0.2, 0) is 7.05 Å². The molecule has 1 aromatic heterocycles. The van der Waals surface area contributed by atoms with E-state index in [1.165, 1.54) is 24.9 Å². The fourth-order valence-corrected chi connectivity index (χ4v) is 6.56. The molecule has 3 heterocycles. The van der Waals surface area contributed by atoms with Crippen molar-refractivity contribution < 1.29 is 4.57 Å². The van der Waals surface area contributed by atoms with E-state index in [1.54, 1.807) is 34.9 Å². The van der Waals surface area contributed by atoms with Crippen molar-refractivity contribution in [2.24, 2.45) is 7.05 Å². The Kier molecular flexibility index (Phi) is 4.86. The van der Waals surface area contributed by atoms with Crippen LogP contribution in [0.4, 0.5) is 5.69 Å². The Morgan fingerprint density at radius 3 is 2.81 bits per heavy atom. The Hall–Kier alpha value is -1.34. The van der Waals surface area contributed by atoms with Crippen molar-refractivity contribution in [2.45, 2.75) is 11.8 Å². The number of aromatic nitrogens is 1. The molecular formula is C19H19ClN3S3+. The molecule has 134 valence electrons. The smallest absolute Gasteiger partial charge is 0.264 e. The number of rotatable bonds is 2. The zero-order chi connectivity index (χ0) is 18.4. The molecule has 0 radical (unpaired) electrons. The third-order valence-corrected chi connectivity index (χ3v) is 8.12. The van der Waals surface area contributed by atoms with Gasteiger partial charge in [0.05, 0.1) is 37.8 Å². The minimum Gasteiger partial charge on any atom is -0.337 e. The molecule has 1 saturated heterocycles. The second-order valence-corrected chi connectivity index (χ2v) is 9.46. The summed E-state index contributed by atoms with van der Waals surface area (Å²) in [5, 5.41) is 6.54. The summed E-state index contributed by atoms with van der Waals surface area (Å²) in [4.78, 5) is 6.97. The summed E-state index contributed by atoms with van der Waals surface area (Å²) >= 11 is 11.5. The van der Waals surface area contributed by atoms with Gasteiger partial charge in [-0.05, 0) is 25.1 Å². The second-order valence-electron chi connectivity index (χ2n) is 6.04. The maximum atomic E-state index is 6.19. The molecule has 26 heavy (non-hydrogen) atoms. The second kappa shape index (κ2) is 7.00. The quantitative estimate of drug-likeness (QED) is 0.592. The van der Waals surface area contributed by atoms with E-state index in [9.17, 15) is 0 Å². The van der Waals surface area contributed by atoms with E-state index < -0.39 is 0 Å². The summed E-state index contributed by atoms with van der Waals surface area (Å²) in [5.74, 6) is 0. The number of benzene rings is 1. The van der Waals surface area contributed by atoms with Crippen molar-refractivity contribution in [3.8, 4) is 0 Å². The molecule has 1 fully saturated rings. The average molecular weight is 421 g/mol. The van der Waals surface area contributed by atoms with Gasteiger partial charge in [-0.15, -0.1) is 0 Å². The molecular weight excluding hydrogens is 402 g/mol. The van der Waals surface area contributed by atoms with Gasteiger partial charge in [-0.2, -0.15) is 4.57 Å². The number of anilines is 1. The number of fused-ring (bicyclic) bond motifs is 1. The van der Waals surface area contributed by atoms with Gasteiger partial charge in [-0.1, -0.05) is 53.0 Å². The van der Waals surface area contributed by atoms with Crippen LogP contribution in [0.2, 0.25) is 5.02 Å². The van der Waals surface area contributed by atoms with Gasteiger partial charge in [-0.3, -0.25) is 0 Å². The Labute approximate surface area is 171 Å². The third-order valence-electron chi connectivity index (χ3n) is 4.43. The summed E-state index contributed by atoms with van der Waals surface area (Å²) in [6.07, 6.45) is 4.34. The molecule has 0 saturated carbocycles. The standard InChI is InChI=1S/C19H19ClN3S3/c1-5-23-12(2)18(26-17(23)11-16-21(3)8-9-24-16)19-22(4)14-10-13(20)6-7-15(14)25-19/h6-11H,2,5H2,1,3-4H3/q+1/b19-18+. The zero-order valence-corrected chi connectivity index (χ0v) is 18.0. The lowest BCUT2D eigenvalue weighted by Gasteiger charge is -2.18. The van der Waals surface area contributed by atoms with E-state index in [0.29, 0.717) is 0 Å². The highest BCUT2D eigenvalue weighted by molar-refractivity contribution is 8.09. The Balaban J connectivity index is 1.74.